The smallest absolute Gasteiger partial charge is 0.324 e. The van der Waals surface area contributed by atoms with Crippen molar-refractivity contribution in [3.8, 4) is 6.07 Å². The first-order valence-electron chi connectivity index (χ1n) is 4.79. The lowest BCUT2D eigenvalue weighted by Crippen LogP contribution is -2.18. The van der Waals surface area contributed by atoms with Crippen LogP contribution in [-0.2, 0) is 4.57 Å². The van der Waals surface area contributed by atoms with Gasteiger partial charge in [0.25, 0.3) is 0 Å². The second kappa shape index (κ2) is 8.14. The van der Waals surface area contributed by atoms with Crippen LogP contribution in [0, 0.1) is 11.3 Å². The summed E-state index contributed by atoms with van der Waals surface area (Å²) in [5, 5.41) is 8.48. The maximum Gasteiger partial charge on any atom is 0.340 e. The van der Waals surface area contributed by atoms with Crippen molar-refractivity contribution in [2.45, 2.75) is 26.2 Å². The molecule has 0 aliphatic rings. The molecule has 15 heavy (non-hydrogen) atoms. The Morgan fingerprint density at radius 2 is 2.13 bits per heavy atom. The van der Waals surface area contributed by atoms with Crippen LogP contribution in [0.15, 0.2) is 0 Å². The Bertz CT molecular complexity index is 251. The van der Waals surface area contributed by atoms with Gasteiger partial charge in [-0.1, -0.05) is 31.7 Å². The fourth-order valence-electron chi connectivity index (χ4n) is 0.967. The molecule has 7 heteroatoms. The average molecular weight is 252 g/mol. The second-order valence-electron chi connectivity index (χ2n) is 3.14. The Morgan fingerprint density at radius 3 is 2.60 bits per heavy atom. The van der Waals surface area contributed by atoms with E-state index in [1.807, 2.05) is 6.07 Å². The first kappa shape index (κ1) is 14.9. The molecule has 2 N–H and O–H groups in total. The van der Waals surface area contributed by atoms with E-state index in [0.717, 1.165) is 25.0 Å². The molecule has 5 nitrogen and oxygen atoms in total. The number of hydrogen-bond acceptors (Lipinski definition) is 4. The predicted molar refractivity (Wildman–Crippen MR) is 61.2 cm³/mol. The third-order valence-corrected chi connectivity index (χ3v) is 3.61. The molecule has 0 spiro atoms. The summed E-state index contributed by atoms with van der Waals surface area (Å²) < 4.78 is 12.2. The van der Waals surface area contributed by atoms with E-state index >= 15 is 0 Å². The van der Waals surface area contributed by atoms with Gasteiger partial charge in [-0.25, -0.2) is 4.31 Å². The van der Waals surface area contributed by atoms with E-state index in [-0.39, 0.29) is 12.8 Å². The minimum atomic E-state index is -4.05. The highest BCUT2D eigenvalue weighted by Gasteiger charge is 2.19. The van der Waals surface area contributed by atoms with Gasteiger partial charge in [0.2, 0.25) is 0 Å². The average Bonchev–Trinajstić information content (AvgIpc) is 2.10. The lowest BCUT2D eigenvalue weighted by Gasteiger charge is -2.17. The predicted octanol–water partition coefficient (Wildman–Crippen LogP) is 1.79. The minimum Gasteiger partial charge on any atom is -0.324 e. The fourth-order valence-corrected chi connectivity index (χ4v) is 3.00. The Hall–Kier alpha value is -0.0500. The summed E-state index contributed by atoms with van der Waals surface area (Å²) >= 11 is 1.33. The minimum absolute atomic E-state index is 0.0436. The maximum absolute atomic E-state index is 10.7. The van der Waals surface area contributed by atoms with E-state index in [0.29, 0.717) is 0 Å². The summed E-state index contributed by atoms with van der Waals surface area (Å²) in [6.45, 7) is 2.13. The van der Waals surface area contributed by atoms with Gasteiger partial charge in [-0.15, -0.1) is 0 Å². The Kier molecular flexibility index (Phi) is 8.12. The SMILES string of the molecule is CCCCCSN(CC#N)CP(=O)(O)O. The Morgan fingerprint density at radius 1 is 1.47 bits per heavy atom. The van der Waals surface area contributed by atoms with Gasteiger partial charge in [0, 0.05) is 5.75 Å². The van der Waals surface area contributed by atoms with Crippen LogP contribution >= 0.6 is 19.5 Å². The molecule has 0 saturated carbocycles. The molecule has 0 rings (SSSR count). The van der Waals surface area contributed by atoms with Crippen molar-refractivity contribution in [1.29, 1.82) is 5.26 Å². The van der Waals surface area contributed by atoms with Gasteiger partial charge in [0.05, 0.1) is 12.6 Å². The molecule has 0 amide bonds. The summed E-state index contributed by atoms with van der Waals surface area (Å²) in [5.41, 5.74) is 0. The van der Waals surface area contributed by atoms with Gasteiger partial charge < -0.3 is 9.79 Å². The highest BCUT2D eigenvalue weighted by Crippen LogP contribution is 2.37. The van der Waals surface area contributed by atoms with Crippen LogP contribution in [0.2, 0.25) is 0 Å². The lowest BCUT2D eigenvalue weighted by molar-refractivity contribution is 0.356. The Labute approximate surface area is 94.8 Å². The normalized spacial score (nSPS) is 11.7. The summed E-state index contributed by atoms with van der Waals surface area (Å²) in [5.74, 6) is 0.801. The monoisotopic (exact) mass is 252 g/mol. The highest BCUT2D eigenvalue weighted by atomic mass is 32.2. The molecule has 88 valence electrons. The van der Waals surface area contributed by atoms with Crippen molar-refractivity contribution in [3.05, 3.63) is 0 Å². The Balaban J connectivity index is 3.85. The second-order valence-corrected chi connectivity index (χ2v) is 5.94. The number of hydrogen-bond donors (Lipinski definition) is 2. The van der Waals surface area contributed by atoms with E-state index in [4.69, 9.17) is 15.0 Å². The molecule has 0 saturated heterocycles. The van der Waals surface area contributed by atoms with E-state index in [1.54, 1.807) is 0 Å². The molecule has 0 fully saturated rings. The first-order chi connectivity index (χ1) is 6.99. The van der Waals surface area contributed by atoms with Gasteiger partial charge in [-0.05, 0) is 6.42 Å². The molecule has 0 unspecified atom stereocenters. The fraction of sp³-hybridized carbons (Fsp3) is 0.875. The van der Waals surface area contributed by atoms with Crippen LogP contribution in [0.25, 0.3) is 0 Å². The van der Waals surface area contributed by atoms with Crippen LogP contribution in [-0.4, -0.2) is 32.7 Å². The molecule has 0 aromatic heterocycles. The van der Waals surface area contributed by atoms with Crippen molar-refractivity contribution in [3.63, 3.8) is 0 Å². The quantitative estimate of drug-likeness (QED) is 0.296. The third kappa shape index (κ3) is 10.2. The van der Waals surface area contributed by atoms with Crippen molar-refractivity contribution in [2.24, 2.45) is 0 Å². The summed E-state index contributed by atoms with van der Waals surface area (Å²) in [6.07, 6.45) is 2.86. The number of nitriles is 1. The lowest BCUT2D eigenvalue weighted by atomic mass is 10.3. The van der Waals surface area contributed by atoms with Crippen molar-refractivity contribution >= 4 is 19.5 Å². The molecular weight excluding hydrogens is 235 g/mol. The van der Waals surface area contributed by atoms with E-state index < -0.39 is 7.60 Å². The van der Waals surface area contributed by atoms with Crippen LogP contribution < -0.4 is 0 Å². The number of rotatable bonds is 8. The van der Waals surface area contributed by atoms with Crippen LogP contribution in [0.1, 0.15) is 26.2 Å². The van der Waals surface area contributed by atoms with Gasteiger partial charge in [-0.3, -0.25) is 4.57 Å². The maximum atomic E-state index is 10.7. The zero-order valence-corrected chi connectivity index (χ0v) is 10.5. The summed E-state index contributed by atoms with van der Waals surface area (Å²) in [6, 6.07) is 1.89. The molecular formula is C8H17N2O3PS. The molecule has 0 bridgehead atoms. The van der Waals surface area contributed by atoms with Crippen molar-refractivity contribution < 1.29 is 14.4 Å². The van der Waals surface area contributed by atoms with Crippen molar-refractivity contribution in [1.82, 2.24) is 4.31 Å². The largest absolute Gasteiger partial charge is 0.340 e. The van der Waals surface area contributed by atoms with Gasteiger partial charge in [0.15, 0.2) is 0 Å². The molecule has 0 aromatic rings. The molecule has 0 heterocycles. The molecule has 0 aromatic carbocycles. The van der Waals surface area contributed by atoms with Gasteiger partial charge in [0.1, 0.15) is 6.29 Å². The summed E-state index contributed by atoms with van der Waals surface area (Å²) in [7, 11) is -4.05. The van der Waals surface area contributed by atoms with E-state index in [1.165, 1.54) is 16.3 Å². The van der Waals surface area contributed by atoms with Crippen LogP contribution in [0.5, 0.6) is 0 Å². The zero-order valence-electron chi connectivity index (χ0n) is 8.80. The standard InChI is InChI=1S/C8H17N2O3PS/c1-2-3-4-7-15-10(6-5-9)8-14(11,12)13/h2-4,6-8H2,1H3,(H2,11,12,13). The number of unbranched alkanes of at least 4 members (excludes halogenated alkanes) is 2. The van der Waals surface area contributed by atoms with E-state index in [2.05, 4.69) is 6.92 Å². The topological polar surface area (TPSA) is 84.6 Å². The molecule has 0 aliphatic carbocycles. The van der Waals surface area contributed by atoms with E-state index in [9.17, 15) is 4.57 Å². The van der Waals surface area contributed by atoms with Crippen LogP contribution in [0.3, 0.4) is 0 Å². The molecule has 0 aliphatic heterocycles. The van der Waals surface area contributed by atoms with Gasteiger partial charge >= 0.3 is 7.60 Å². The highest BCUT2D eigenvalue weighted by molar-refractivity contribution is 7.97. The summed E-state index contributed by atoms with van der Waals surface area (Å²) in [4.78, 5) is 17.5. The van der Waals surface area contributed by atoms with Crippen molar-refractivity contribution in [2.75, 3.05) is 18.6 Å². The van der Waals surface area contributed by atoms with Gasteiger partial charge in [-0.2, -0.15) is 5.26 Å². The third-order valence-electron chi connectivity index (χ3n) is 1.61. The first-order valence-corrected chi connectivity index (χ1v) is 7.53. The molecule has 0 atom stereocenters. The number of nitrogens with zero attached hydrogens (tertiary/aromatic N) is 2. The van der Waals surface area contributed by atoms with Crippen LogP contribution in [0.4, 0.5) is 0 Å². The zero-order chi connectivity index (χ0) is 11.7. The molecule has 0 radical (unpaired) electrons.